The summed E-state index contributed by atoms with van der Waals surface area (Å²) in [7, 11) is 0. The predicted molar refractivity (Wildman–Crippen MR) is 88.5 cm³/mol. The molecule has 2 rings (SSSR count). The second kappa shape index (κ2) is 7.83. The van der Waals surface area contributed by atoms with Gasteiger partial charge in [0.15, 0.2) is 5.17 Å². The molecule has 1 amide bonds. The van der Waals surface area contributed by atoms with E-state index >= 15 is 0 Å². The van der Waals surface area contributed by atoms with Crippen molar-refractivity contribution in [1.29, 1.82) is 0 Å². The van der Waals surface area contributed by atoms with Crippen molar-refractivity contribution in [3.63, 3.8) is 0 Å². The molecular weight excluding hydrogens is 284 g/mol. The number of hydrazone groups is 1. The molecule has 0 bridgehead atoms. The van der Waals surface area contributed by atoms with Gasteiger partial charge < -0.3 is 5.32 Å². The molecule has 0 aromatic heterocycles. The highest BCUT2D eigenvalue weighted by Gasteiger charge is 2.22. The molecule has 1 unspecified atom stereocenters. The number of carbonyl (C=O) groups excluding carboxylic acids is 1. The maximum Gasteiger partial charge on any atom is 0.221 e. The van der Waals surface area contributed by atoms with Crippen molar-refractivity contribution >= 4 is 28.5 Å². The number of nitrogens with zero attached hydrogens (tertiary/aromatic N) is 2. The zero-order valence-corrected chi connectivity index (χ0v) is 13.1. The molecule has 112 valence electrons. The van der Waals surface area contributed by atoms with Gasteiger partial charge in [-0.15, -0.1) is 0 Å². The van der Waals surface area contributed by atoms with E-state index in [4.69, 9.17) is 0 Å². The molecule has 0 aliphatic carbocycles. The van der Waals surface area contributed by atoms with Crippen LogP contribution in [-0.2, 0) is 11.3 Å². The third-order valence-corrected chi connectivity index (χ3v) is 3.93. The number of hydrogen-bond donors (Lipinski definition) is 2. The van der Waals surface area contributed by atoms with Crippen molar-refractivity contribution in [2.75, 3.05) is 6.54 Å². The Morgan fingerprint density at radius 1 is 1.38 bits per heavy atom. The smallest absolute Gasteiger partial charge is 0.221 e. The molecule has 0 saturated carbocycles. The van der Waals surface area contributed by atoms with Gasteiger partial charge in [0.25, 0.3) is 0 Å². The molecule has 6 heteroatoms. The van der Waals surface area contributed by atoms with E-state index in [1.165, 1.54) is 0 Å². The molecule has 1 atom stereocenters. The Morgan fingerprint density at radius 3 is 2.86 bits per heavy atom. The van der Waals surface area contributed by atoms with Gasteiger partial charge >= 0.3 is 0 Å². The van der Waals surface area contributed by atoms with Crippen molar-refractivity contribution in [2.45, 2.75) is 32.1 Å². The van der Waals surface area contributed by atoms with Crippen LogP contribution in [0.3, 0.4) is 0 Å². The largest absolute Gasteiger partial charge is 0.352 e. The van der Waals surface area contributed by atoms with E-state index in [2.05, 4.69) is 20.8 Å². The van der Waals surface area contributed by atoms with E-state index < -0.39 is 0 Å². The van der Waals surface area contributed by atoms with Gasteiger partial charge in [-0.25, -0.2) is 0 Å². The summed E-state index contributed by atoms with van der Waals surface area (Å²) in [6, 6.07) is 9.90. The summed E-state index contributed by atoms with van der Waals surface area (Å²) in [5.41, 5.74) is 4.97. The lowest BCUT2D eigenvalue weighted by atomic mass is 10.2. The van der Waals surface area contributed by atoms with E-state index in [0.717, 1.165) is 16.4 Å². The van der Waals surface area contributed by atoms with E-state index in [1.54, 1.807) is 11.8 Å². The fraction of sp³-hybridized carbons (Fsp3) is 0.400. The fourth-order valence-electron chi connectivity index (χ4n) is 1.82. The summed E-state index contributed by atoms with van der Waals surface area (Å²) in [6.45, 7) is 5.07. The molecule has 1 aromatic carbocycles. The monoisotopic (exact) mass is 304 g/mol. The van der Waals surface area contributed by atoms with Crippen LogP contribution in [0.1, 0.15) is 25.8 Å². The molecule has 1 heterocycles. The average Bonchev–Trinajstić information content (AvgIpc) is 2.91. The van der Waals surface area contributed by atoms with Crippen molar-refractivity contribution in [3.05, 3.63) is 35.9 Å². The normalized spacial score (nSPS) is 17.0. The van der Waals surface area contributed by atoms with Gasteiger partial charge in [0.1, 0.15) is 0 Å². The SMILES string of the molecule is CC(C)=NNC1=NCC(CC(=O)NCc2ccccc2)S1. The lowest BCUT2D eigenvalue weighted by molar-refractivity contribution is -0.121. The van der Waals surface area contributed by atoms with Gasteiger partial charge in [-0.3, -0.25) is 15.2 Å². The highest BCUT2D eigenvalue weighted by atomic mass is 32.2. The Balaban J connectivity index is 1.69. The first-order valence-electron chi connectivity index (χ1n) is 6.92. The lowest BCUT2D eigenvalue weighted by Gasteiger charge is -2.09. The highest BCUT2D eigenvalue weighted by Crippen LogP contribution is 2.22. The van der Waals surface area contributed by atoms with Crippen LogP contribution in [0, 0.1) is 0 Å². The van der Waals surface area contributed by atoms with E-state index in [9.17, 15) is 4.79 Å². The van der Waals surface area contributed by atoms with Crippen LogP contribution in [-0.4, -0.2) is 28.6 Å². The molecule has 1 aliphatic heterocycles. The first-order valence-corrected chi connectivity index (χ1v) is 7.80. The van der Waals surface area contributed by atoms with Gasteiger partial charge in [0.2, 0.25) is 5.91 Å². The van der Waals surface area contributed by atoms with E-state index in [1.807, 2.05) is 44.2 Å². The topological polar surface area (TPSA) is 65.8 Å². The lowest BCUT2D eigenvalue weighted by Crippen LogP contribution is -2.26. The van der Waals surface area contributed by atoms with Crippen LogP contribution in [0.15, 0.2) is 40.4 Å². The summed E-state index contributed by atoms with van der Waals surface area (Å²) < 4.78 is 0. The number of amides is 1. The molecular formula is C15H20N4OS. The summed E-state index contributed by atoms with van der Waals surface area (Å²) >= 11 is 1.57. The number of rotatable bonds is 5. The Bertz CT molecular complexity index is 538. The molecule has 0 saturated heterocycles. The number of carbonyl (C=O) groups is 1. The average molecular weight is 304 g/mol. The highest BCUT2D eigenvalue weighted by molar-refractivity contribution is 8.14. The fourth-order valence-corrected chi connectivity index (χ4v) is 2.77. The van der Waals surface area contributed by atoms with Crippen molar-refractivity contribution in [1.82, 2.24) is 10.7 Å². The molecule has 1 aliphatic rings. The van der Waals surface area contributed by atoms with Crippen LogP contribution < -0.4 is 10.7 Å². The van der Waals surface area contributed by atoms with Crippen molar-refractivity contribution in [2.24, 2.45) is 10.1 Å². The molecule has 0 spiro atoms. The summed E-state index contributed by atoms with van der Waals surface area (Å²) in [4.78, 5) is 16.3. The van der Waals surface area contributed by atoms with Crippen LogP contribution in [0.5, 0.6) is 0 Å². The number of aliphatic imine (C=N–C) groups is 1. The number of nitrogens with one attached hydrogen (secondary N) is 2. The van der Waals surface area contributed by atoms with Crippen LogP contribution in [0.25, 0.3) is 0 Å². The third kappa shape index (κ3) is 5.59. The molecule has 0 fully saturated rings. The zero-order chi connectivity index (χ0) is 15.1. The molecule has 0 radical (unpaired) electrons. The second-order valence-electron chi connectivity index (χ2n) is 5.02. The molecule has 5 nitrogen and oxygen atoms in total. The van der Waals surface area contributed by atoms with Crippen molar-refractivity contribution < 1.29 is 4.79 Å². The van der Waals surface area contributed by atoms with Gasteiger partial charge in [-0.2, -0.15) is 5.10 Å². The zero-order valence-electron chi connectivity index (χ0n) is 12.3. The Hall–Kier alpha value is -1.82. The molecule has 1 aromatic rings. The number of hydrogen-bond acceptors (Lipinski definition) is 5. The second-order valence-corrected chi connectivity index (χ2v) is 6.31. The van der Waals surface area contributed by atoms with Gasteiger partial charge in [0, 0.05) is 23.9 Å². The minimum absolute atomic E-state index is 0.0583. The first kappa shape index (κ1) is 15.6. The van der Waals surface area contributed by atoms with Gasteiger partial charge in [0.05, 0.1) is 6.54 Å². The van der Waals surface area contributed by atoms with Gasteiger partial charge in [-0.1, -0.05) is 42.1 Å². The van der Waals surface area contributed by atoms with E-state index in [0.29, 0.717) is 19.5 Å². The Labute approximate surface area is 129 Å². The van der Waals surface area contributed by atoms with E-state index in [-0.39, 0.29) is 11.2 Å². The quantitative estimate of drug-likeness (QED) is 0.647. The molecule has 2 N–H and O–H groups in total. The minimum Gasteiger partial charge on any atom is -0.352 e. The first-order chi connectivity index (χ1) is 10.1. The van der Waals surface area contributed by atoms with Crippen LogP contribution in [0.2, 0.25) is 0 Å². The third-order valence-electron chi connectivity index (χ3n) is 2.84. The Morgan fingerprint density at radius 2 is 2.14 bits per heavy atom. The number of benzene rings is 1. The standard InChI is InChI=1S/C15H20N4OS/c1-11(2)18-19-15-17-10-13(21-15)8-14(20)16-9-12-6-4-3-5-7-12/h3-7,13H,8-10H2,1-2H3,(H,16,20)(H,17,19). The summed E-state index contributed by atoms with van der Waals surface area (Å²) in [5, 5.41) is 8.03. The summed E-state index contributed by atoms with van der Waals surface area (Å²) in [6.07, 6.45) is 0.473. The Kier molecular flexibility index (Phi) is 5.80. The number of amidine groups is 1. The van der Waals surface area contributed by atoms with Gasteiger partial charge in [-0.05, 0) is 19.4 Å². The van der Waals surface area contributed by atoms with Crippen molar-refractivity contribution in [3.8, 4) is 0 Å². The van der Waals surface area contributed by atoms with Crippen LogP contribution in [0.4, 0.5) is 0 Å². The summed E-state index contributed by atoms with van der Waals surface area (Å²) in [5.74, 6) is 0.0583. The van der Waals surface area contributed by atoms with Crippen LogP contribution >= 0.6 is 11.8 Å². The molecule has 21 heavy (non-hydrogen) atoms. The maximum atomic E-state index is 11.9. The maximum absolute atomic E-state index is 11.9. The predicted octanol–water partition coefficient (Wildman–Crippen LogP) is 2.15. The number of thioether (sulfide) groups is 1. The minimum atomic E-state index is 0.0583.